The van der Waals surface area contributed by atoms with E-state index < -0.39 is 17.0 Å². The summed E-state index contributed by atoms with van der Waals surface area (Å²) in [5, 5.41) is 25.0. The summed E-state index contributed by atoms with van der Waals surface area (Å²) in [5.41, 5.74) is 2.05. The minimum atomic E-state index is -0.826. The minimum Gasteiger partial charge on any atom is -0.389 e. The van der Waals surface area contributed by atoms with Crippen LogP contribution in [0.5, 0.6) is 0 Å². The van der Waals surface area contributed by atoms with Crippen LogP contribution in [0.15, 0.2) is 18.2 Å². The molecule has 8 atom stereocenters. The molecule has 0 aromatic heterocycles. The average Bonchev–Trinajstić information content (AvgIpc) is 3.16. The van der Waals surface area contributed by atoms with E-state index in [9.17, 15) is 10.2 Å². The van der Waals surface area contributed by atoms with E-state index in [1.807, 2.05) is 0 Å². The highest BCUT2D eigenvalue weighted by Crippen LogP contribution is 2.75. The van der Waals surface area contributed by atoms with Gasteiger partial charge in [0.05, 0.1) is 31.0 Å². The number of rotatable bonds is 3. The molecule has 6 nitrogen and oxygen atoms in total. The summed E-state index contributed by atoms with van der Waals surface area (Å²) in [7, 11) is 5.94. The molecule has 2 spiro atoms. The van der Waals surface area contributed by atoms with E-state index in [1.165, 1.54) is 16.8 Å². The van der Waals surface area contributed by atoms with Gasteiger partial charge in [-0.3, -0.25) is 0 Å². The first-order chi connectivity index (χ1) is 18.8. The third-order valence-electron chi connectivity index (χ3n) is 13.2. The van der Waals surface area contributed by atoms with Crippen molar-refractivity contribution in [2.45, 2.75) is 101 Å². The van der Waals surface area contributed by atoms with Crippen LogP contribution < -0.4 is 4.90 Å². The van der Waals surface area contributed by atoms with Crippen LogP contribution >= 0.6 is 0 Å². The summed E-state index contributed by atoms with van der Waals surface area (Å²) < 4.78 is 18.7. The van der Waals surface area contributed by atoms with Gasteiger partial charge in [0.25, 0.3) is 0 Å². The van der Waals surface area contributed by atoms with Crippen LogP contribution in [0.1, 0.15) is 89.2 Å². The van der Waals surface area contributed by atoms with Gasteiger partial charge in [-0.2, -0.15) is 0 Å². The van der Waals surface area contributed by atoms with E-state index in [1.54, 1.807) is 7.11 Å². The fraction of sp³-hybridized carbons (Fsp3) is 0.824. The Morgan fingerprint density at radius 2 is 1.75 bits per heavy atom. The second kappa shape index (κ2) is 8.69. The quantitative estimate of drug-likeness (QED) is 0.530. The van der Waals surface area contributed by atoms with E-state index in [2.05, 4.69) is 58.0 Å². The number of anilines is 1. The molecule has 1 heterocycles. The fourth-order valence-electron chi connectivity index (χ4n) is 11.1. The molecule has 2 N–H and O–H groups in total. The smallest absolute Gasteiger partial charge is 0.171 e. The summed E-state index contributed by atoms with van der Waals surface area (Å²) in [6, 6.07) is 7.03. The van der Waals surface area contributed by atoms with Crippen LogP contribution in [-0.2, 0) is 20.6 Å². The van der Waals surface area contributed by atoms with Crippen LogP contribution in [0.2, 0.25) is 0 Å². The van der Waals surface area contributed by atoms with Gasteiger partial charge in [0.2, 0.25) is 0 Å². The van der Waals surface area contributed by atoms with Crippen LogP contribution in [0.25, 0.3) is 0 Å². The monoisotopic (exact) mass is 553 g/mol. The molecule has 6 aliphatic rings. The molecule has 0 radical (unpaired) electrons. The standard InChI is InChI=1S/C34H51NO5/c1-29(2)19-39-34(40-20-29)14-13-31-16-22-15-23(35(4)5)7-8-24(22)26-17-30(3)27(10-12-33(30,37)21-38-6)25(28(26)31)9-11-32(31,36)18-34/h7-8,15,25-28,36-37H,9-14,16-21H2,1-6H3/t25-,26?,27-,28?,30-,31-,32?,33+/m0/s1. The topological polar surface area (TPSA) is 71.4 Å². The van der Waals surface area contributed by atoms with Crippen molar-refractivity contribution >= 4 is 5.69 Å². The molecule has 40 heavy (non-hydrogen) atoms. The molecule has 4 saturated carbocycles. The Kier molecular flexibility index (Phi) is 6.00. The van der Waals surface area contributed by atoms with Crippen LogP contribution in [-0.4, -0.2) is 68.2 Å². The molecule has 7 rings (SSSR count). The number of fused-ring (bicyclic) bond motifs is 4. The van der Waals surface area contributed by atoms with Crippen LogP contribution in [0.4, 0.5) is 5.69 Å². The predicted octanol–water partition coefficient (Wildman–Crippen LogP) is 5.29. The third-order valence-corrected chi connectivity index (χ3v) is 13.2. The third kappa shape index (κ3) is 3.58. The molecule has 1 aromatic carbocycles. The number of nitrogens with zero attached hydrogens (tertiary/aromatic N) is 1. The lowest BCUT2D eigenvalue weighted by Gasteiger charge is -2.70. The van der Waals surface area contributed by atoms with Crippen molar-refractivity contribution < 1.29 is 24.4 Å². The molecule has 1 aromatic rings. The Bertz CT molecular complexity index is 1170. The zero-order chi connectivity index (χ0) is 28.3. The largest absolute Gasteiger partial charge is 0.389 e. The number of aliphatic hydroxyl groups is 2. The van der Waals surface area contributed by atoms with Crippen molar-refractivity contribution in [3.63, 3.8) is 0 Å². The number of ether oxygens (including phenoxy) is 3. The zero-order valence-corrected chi connectivity index (χ0v) is 25.6. The highest BCUT2D eigenvalue weighted by molar-refractivity contribution is 5.53. The van der Waals surface area contributed by atoms with Crippen molar-refractivity contribution in [2.75, 3.05) is 45.9 Å². The summed E-state index contributed by atoms with van der Waals surface area (Å²) in [5.74, 6) is 1.01. The lowest BCUT2D eigenvalue weighted by molar-refractivity contribution is -0.358. The maximum Gasteiger partial charge on any atom is 0.171 e. The van der Waals surface area contributed by atoms with Gasteiger partial charge in [-0.1, -0.05) is 26.8 Å². The van der Waals surface area contributed by atoms with Crippen molar-refractivity contribution in [1.29, 1.82) is 0 Å². The molecular formula is C34H51NO5. The van der Waals surface area contributed by atoms with Crippen LogP contribution in [0.3, 0.4) is 0 Å². The van der Waals surface area contributed by atoms with Crippen molar-refractivity contribution in [1.82, 2.24) is 0 Å². The lowest BCUT2D eigenvalue weighted by Crippen LogP contribution is -2.71. The van der Waals surface area contributed by atoms with Gasteiger partial charge in [-0.25, -0.2) is 0 Å². The summed E-state index contributed by atoms with van der Waals surface area (Å²) in [4.78, 5) is 2.19. The average molecular weight is 554 g/mol. The molecule has 1 saturated heterocycles. The normalized spacial score (nSPS) is 46.2. The van der Waals surface area contributed by atoms with Crippen molar-refractivity contribution in [3.8, 4) is 0 Å². The van der Waals surface area contributed by atoms with Gasteiger partial charge in [0, 0.05) is 56.0 Å². The summed E-state index contributed by atoms with van der Waals surface area (Å²) >= 11 is 0. The number of hydrogen-bond acceptors (Lipinski definition) is 6. The zero-order valence-electron chi connectivity index (χ0n) is 25.6. The Labute approximate surface area is 240 Å². The second-order valence-electron chi connectivity index (χ2n) is 16.0. The Morgan fingerprint density at radius 3 is 2.45 bits per heavy atom. The molecule has 0 bridgehead atoms. The van der Waals surface area contributed by atoms with E-state index in [0.717, 1.165) is 51.4 Å². The Balaban J connectivity index is 1.34. The van der Waals surface area contributed by atoms with E-state index in [-0.39, 0.29) is 16.2 Å². The maximum atomic E-state index is 12.9. The Hall–Kier alpha value is -1.18. The molecule has 6 heteroatoms. The molecule has 5 aliphatic carbocycles. The van der Waals surface area contributed by atoms with E-state index >= 15 is 0 Å². The van der Waals surface area contributed by atoms with Crippen molar-refractivity contribution in [3.05, 3.63) is 29.3 Å². The fourth-order valence-corrected chi connectivity index (χ4v) is 11.1. The van der Waals surface area contributed by atoms with Gasteiger partial charge >= 0.3 is 0 Å². The molecular weight excluding hydrogens is 502 g/mol. The highest BCUT2D eigenvalue weighted by atomic mass is 16.7. The van der Waals surface area contributed by atoms with Gasteiger partial charge in [-0.05, 0) is 91.9 Å². The lowest BCUT2D eigenvalue weighted by atomic mass is 9.36. The minimum absolute atomic E-state index is 0.00735. The highest BCUT2D eigenvalue weighted by Gasteiger charge is 2.73. The predicted molar refractivity (Wildman–Crippen MR) is 155 cm³/mol. The van der Waals surface area contributed by atoms with Gasteiger partial charge < -0.3 is 29.3 Å². The van der Waals surface area contributed by atoms with Gasteiger partial charge in [-0.15, -0.1) is 0 Å². The first-order valence-electron chi connectivity index (χ1n) is 15.8. The molecule has 0 amide bonds. The first-order valence-corrected chi connectivity index (χ1v) is 15.8. The summed E-state index contributed by atoms with van der Waals surface area (Å²) in [6.07, 6.45) is 7.89. The SMILES string of the molecule is COC[C@]1(O)CC[C@H]2[C@@H]3CCC4(O)CC5(CC[C@@]46Cc4cc(N(C)C)ccc4C(C[C@@]21C)C36)OCC(C)(C)CO5. The maximum absolute atomic E-state index is 12.9. The molecule has 5 fully saturated rings. The second-order valence-corrected chi connectivity index (χ2v) is 16.0. The number of hydrogen-bond donors (Lipinski definition) is 2. The van der Waals surface area contributed by atoms with Crippen molar-refractivity contribution in [2.24, 2.45) is 34.0 Å². The van der Waals surface area contributed by atoms with Crippen LogP contribution in [0, 0.1) is 34.0 Å². The number of methoxy groups -OCH3 is 1. The number of benzene rings is 1. The first kappa shape index (κ1) is 27.6. The molecule has 222 valence electrons. The van der Waals surface area contributed by atoms with Gasteiger partial charge in [0.1, 0.15) is 0 Å². The molecule has 3 unspecified atom stereocenters. The Morgan fingerprint density at radius 1 is 1.00 bits per heavy atom. The van der Waals surface area contributed by atoms with Gasteiger partial charge in [0.15, 0.2) is 5.79 Å². The van der Waals surface area contributed by atoms with E-state index in [0.29, 0.717) is 49.9 Å². The summed E-state index contributed by atoms with van der Waals surface area (Å²) in [6.45, 7) is 8.51. The van der Waals surface area contributed by atoms with E-state index in [4.69, 9.17) is 14.2 Å². The molecule has 1 aliphatic heterocycles.